The summed E-state index contributed by atoms with van der Waals surface area (Å²) in [5.74, 6) is 3.48. The molecule has 186 valence electrons. The molecule has 7 atom stereocenters. The third-order valence-corrected chi connectivity index (χ3v) is 10.7. The number of aryl methyl sites for hydroxylation is 1. The Bertz CT molecular complexity index is 912. The number of allylic oxidation sites excluding steroid dienone is 1. The predicted octanol–water partition coefficient (Wildman–Crippen LogP) is 8.24. The van der Waals surface area contributed by atoms with Gasteiger partial charge in [-0.05, 0) is 117 Å². The number of hydrogen-bond acceptors (Lipinski definition) is 2. The van der Waals surface area contributed by atoms with E-state index in [4.69, 9.17) is 0 Å². The van der Waals surface area contributed by atoms with E-state index in [1.165, 1.54) is 63.4 Å². The quantitative estimate of drug-likeness (QED) is 0.354. The Morgan fingerprint density at radius 2 is 1.79 bits per heavy atom. The van der Waals surface area contributed by atoms with E-state index in [0.717, 1.165) is 48.5 Å². The molecule has 0 bridgehead atoms. The van der Waals surface area contributed by atoms with Crippen LogP contribution in [0.15, 0.2) is 35.9 Å². The summed E-state index contributed by atoms with van der Waals surface area (Å²) in [4.78, 5) is 0. The van der Waals surface area contributed by atoms with Crippen LogP contribution in [-0.4, -0.2) is 11.2 Å². The molecule has 1 aromatic carbocycles. The monoisotopic (exact) mass is 461 g/mol. The smallest absolute Gasteiger partial charge is 0.0994 e. The summed E-state index contributed by atoms with van der Waals surface area (Å²) in [6.45, 7) is 9.18. The fourth-order valence-corrected chi connectivity index (χ4v) is 8.78. The van der Waals surface area contributed by atoms with Crippen molar-refractivity contribution < 1.29 is 5.11 Å². The molecule has 2 heteroatoms. The Balaban J connectivity index is 0.00000133. The second-order valence-corrected chi connectivity index (χ2v) is 12.0. The van der Waals surface area contributed by atoms with E-state index in [2.05, 4.69) is 38.1 Å². The van der Waals surface area contributed by atoms with E-state index in [1.54, 1.807) is 5.57 Å². The molecule has 7 unspecified atom stereocenters. The van der Waals surface area contributed by atoms with E-state index in [0.29, 0.717) is 10.8 Å². The second kappa shape index (κ2) is 10.6. The lowest BCUT2D eigenvalue weighted by atomic mass is 9.47. The summed E-state index contributed by atoms with van der Waals surface area (Å²) in [5.41, 5.74) is 4.55. The second-order valence-electron chi connectivity index (χ2n) is 12.0. The van der Waals surface area contributed by atoms with Crippen LogP contribution in [0.4, 0.5) is 0 Å². The Morgan fingerprint density at radius 1 is 1.00 bits per heavy atom. The first kappa shape index (κ1) is 25.5. The van der Waals surface area contributed by atoms with Crippen molar-refractivity contribution in [1.82, 2.24) is 0 Å². The van der Waals surface area contributed by atoms with Crippen molar-refractivity contribution in [3.05, 3.63) is 47.0 Å². The summed E-state index contributed by atoms with van der Waals surface area (Å²) in [6, 6.07) is 10.5. The van der Waals surface area contributed by atoms with Gasteiger partial charge in [0.2, 0.25) is 0 Å². The van der Waals surface area contributed by atoms with Crippen LogP contribution in [0.5, 0.6) is 0 Å². The van der Waals surface area contributed by atoms with Gasteiger partial charge in [0, 0.05) is 0 Å². The number of fused-ring (bicyclic) bond motifs is 5. The molecular formula is C32H47NO. The zero-order chi connectivity index (χ0) is 24.3. The van der Waals surface area contributed by atoms with Gasteiger partial charge >= 0.3 is 0 Å². The summed E-state index contributed by atoms with van der Waals surface area (Å²) >= 11 is 0. The lowest BCUT2D eigenvalue weighted by Gasteiger charge is -2.58. The number of hydrogen-bond donors (Lipinski definition) is 1. The third kappa shape index (κ3) is 4.51. The molecule has 0 amide bonds. The van der Waals surface area contributed by atoms with Crippen molar-refractivity contribution in [1.29, 1.82) is 5.26 Å². The number of aliphatic hydroxyl groups is 1. The van der Waals surface area contributed by atoms with Crippen LogP contribution >= 0.6 is 0 Å². The van der Waals surface area contributed by atoms with Gasteiger partial charge in [-0.25, -0.2) is 0 Å². The van der Waals surface area contributed by atoms with Crippen LogP contribution in [0, 0.1) is 45.8 Å². The van der Waals surface area contributed by atoms with E-state index >= 15 is 0 Å². The maximum atomic E-state index is 10.2. The number of nitriles is 1. The van der Waals surface area contributed by atoms with Crippen molar-refractivity contribution in [2.24, 2.45) is 34.5 Å². The normalized spacial score (nSPS) is 38.4. The number of unbranched alkanes of at least 4 members (excludes halogenated alkanes) is 1. The van der Waals surface area contributed by atoms with Crippen molar-refractivity contribution in [2.45, 2.75) is 111 Å². The Labute approximate surface area is 208 Å². The Hall–Kier alpha value is -1.59. The fourth-order valence-electron chi connectivity index (χ4n) is 8.78. The number of rotatable bonds is 5. The molecule has 0 heterocycles. The van der Waals surface area contributed by atoms with E-state index in [-0.39, 0.29) is 6.10 Å². The highest BCUT2D eigenvalue weighted by atomic mass is 16.3. The highest BCUT2D eigenvalue weighted by molar-refractivity contribution is 5.37. The average molecular weight is 462 g/mol. The van der Waals surface area contributed by atoms with Gasteiger partial charge in [0.1, 0.15) is 0 Å². The number of nitrogens with zero attached hydrogens (tertiary/aromatic N) is 1. The molecule has 2 nitrogen and oxygen atoms in total. The highest BCUT2D eigenvalue weighted by Gasteiger charge is 2.58. The zero-order valence-corrected chi connectivity index (χ0v) is 22.2. The third-order valence-electron chi connectivity index (χ3n) is 10.7. The molecule has 4 aliphatic carbocycles. The van der Waals surface area contributed by atoms with Crippen molar-refractivity contribution in [3.63, 3.8) is 0 Å². The molecule has 1 N–H and O–H groups in total. The molecule has 0 radical (unpaired) electrons. The summed E-state index contributed by atoms with van der Waals surface area (Å²) in [5, 5.41) is 19.6. The molecule has 34 heavy (non-hydrogen) atoms. The van der Waals surface area contributed by atoms with Gasteiger partial charge < -0.3 is 5.11 Å². The lowest BCUT2D eigenvalue weighted by molar-refractivity contribution is -0.0508. The van der Waals surface area contributed by atoms with E-state index in [9.17, 15) is 10.4 Å². The first-order chi connectivity index (χ1) is 16.5. The highest BCUT2D eigenvalue weighted by Crippen LogP contribution is 2.66. The minimum absolute atomic E-state index is 0.101. The van der Waals surface area contributed by atoms with Crippen LogP contribution < -0.4 is 0 Å². The fraction of sp³-hybridized carbons (Fsp3) is 0.719. The average Bonchev–Trinajstić information content (AvgIpc) is 3.20. The molecule has 0 aliphatic heterocycles. The van der Waals surface area contributed by atoms with Gasteiger partial charge in [-0.2, -0.15) is 5.26 Å². The molecule has 5 rings (SSSR count). The van der Waals surface area contributed by atoms with Gasteiger partial charge in [0.25, 0.3) is 0 Å². The minimum Gasteiger partial charge on any atom is -0.393 e. The Kier molecular flexibility index (Phi) is 7.93. The molecular weight excluding hydrogens is 414 g/mol. The topological polar surface area (TPSA) is 44.0 Å². The molecule has 3 saturated carbocycles. The Morgan fingerprint density at radius 3 is 2.59 bits per heavy atom. The van der Waals surface area contributed by atoms with Crippen LogP contribution in [0.2, 0.25) is 0 Å². The van der Waals surface area contributed by atoms with Crippen molar-refractivity contribution >= 4 is 0 Å². The summed E-state index contributed by atoms with van der Waals surface area (Å²) < 4.78 is 0. The van der Waals surface area contributed by atoms with Gasteiger partial charge in [-0.3, -0.25) is 0 Å². The largest absolute Gasteiger partial charge is 0.393 e. The molecule has 0 saturated heterocycles. The number of aliphatic hydroxyl groups excluding tert-OH is 1. The first-order valence-corrected chi connectivity index (χ1v) is 14.3. The van der Waals surface area contributed by atoms with E-state index in [1.807, 2.05) is 26.0 Å². The molecule has 1 aromatic rings. The number of benzene rings is 1. The molecule has 4 aliphatic rings. The van der Waals surface area contributed by atoms with Gasteiger partial charge in [0.15, 0.2) is 0 Å². The maximum Gasteiger partial charge on any atom is 0.0994 e. The van der Waals surface area contributed by atoms with Crippen LogP contribution in [0.25, 0.3) is 0 Å². The van der Waals surface area contributed by atoms with Crippen LogP contribution in [-0.2, 0) is 6.42 Å². The van der Waals surface area contributed by atoms with Gasteiger partial charge in [-0.15, -0.1) is 0 Å². The SMILES string of the molecule is CC.CC12CCC(O)CC1=CCC1C2CCC2(C)C(CCCCc3ccccc3C#N)CCC12. The molecule has 0 spiro atoms. The summed E-state index contributed by atoms with van der Waals surface area (Å²) in [7, 11) is 0. The predicted molar refractivity (Wildman–Crippen MR) is 141 cm³/mol. The van der Waals surface area contributed by atoms with Gasteiger partial charge in [-0.1, -0.05) is 64.0 Å². The van der Waals surface area contributed by atoms with Gasteiger partial charge in [0.05, 0.1) is 17.7 Å². The van der Waals surface area contributed by atoms with E-state index < -0.39 is 0 Å². The maximum absolute atomic E-state index is 10.2. The van der Waals surface area contributed by atoms with Crippen LogP contribution in [0.3, 0.4) is 0 Å². The minimum atomic E-state index is -0.101. The van der Waals surface area contributed by atoms with Crippen molar-refractivity contribution in [2.75, 3.05) is 0 Å². The summed E-state index contributed by atoms with van der Waals surface area (Å²) in [6.07, 6.45) is 17.4. The zero-order valence-electron chi connectivity index (χ0n) is 22.2. The molecule has 3 fully saturated rings. The van der Waals surface area contributed by atoms with Crippen LogP contribution in [0.1, 0.15) is 109 Å². The first-order valence-electron chi connectivity index (χ1n) is 14.3. The lowest BCUT2D eigenvalue weighted by Crippen LogP contribution is -2.50. The molecule has 0 aromatic heterocycles. The van der Waals surface area contributed by atoms with Crippen molar-refractivity contribution in [3.8, 4) is 6.07 Å². The standard InChI is InChI=1S/C30H41NO.C2H6/c1-29-18-16-28-26(13-11-24-19-25(32)15-17-30(24,28)2)27(29)14-12-23(29)10-6-5-8-21-7-3-4-9-22(21)20-31;1-2/h3-4,7,9,11,23,25-28,32H,5-6,8,10,12-19H2,1-2H3;1-2H3.